The van der Waals surface area contributed by atoms with E-state index in [2.05, 4.69) is 8.37 Å². The predicted octanol–water partition coefficient (Wildman–Crippen LogP) is 1.24. The maximum atomic E-state index is 10.9. The summed E-state index contributed by atoms with van der Waals surface area (Å²) in [6.45, 7) is 2.16. The molecule has 82 valence electrons. The molecule has 5 heteroatoms. The lowest BCUT2D eigenvalue weighted by molar-refractivity contribution is 0.0860. The predicted molar refractivity (Wildman–Crippen MR) is 54.6 cm³/mol. The topological polar surface area (TPSA) is 52.6 Å². The highest BCUT2D eigenvalue weighted by atomic mass is 32.3. The van der Waals surface area contributed by atoms with E-state index >= 15 is 0 Å². The van der Waals surface area contributed by atoms with Crippen LogP contribution in [0.1, 0.15) is 12.5 Å². The molecule has 1 aromatic carbocycles. The van der Waals surface area contributed by atoms with Crippen LogP contribution in [0.3, 0.4) is 0 Å². The fraction of sp³-hybridized carbons (Fsp3) is 0.400. The van der Waals surface area contributed by atoms with Crippen LogP contribution in [0.4, 0.5) is 0 Å². The van der Waals surface area contributed by atoms with E-state index in [1.54, 1.807) is 0 Å². The molecule has 4 nitrogen and oxygen atoms in total. The minimum absolute atomic E-state index is 0.124. The van der Waals surface area contributed by atoms with Crippen molar-refractivity contribution in [3.8, 4) is 0 Å². The van der Waals surface area contributed by atoms with Crippen molar-refractivity contribution in [3.63, 3.8) is 0 Å². The summed E-state index contributed by atoms with van der Waals surface area (Å²) < 4.78 is 31.2. The van der Waals surface area contributed by atoms with Crippen molar-refractivity contribution in [1.82, 2.24) is 0 Å². The highest BCUT2D eigenvalue weighted by Crippen LogP contribution is 2.29. The van der Waals surface area contributed by atoms with Gasteiger partial charge in [0.2, 0.25) is 0 Å². The Labute approximate surface area is 89.2 Å². The molecule has 1 aromatic rings. The summed E-state index contributed by atoms with van der Waals surface area (Å²) in [5.41, 5.74) is 0.618. The first-order valence-electron chi connectivity index (χ1n) is 4.61. The van der Waals surface area contributed by atoms with Crippen molar-refractivity contribution in [1.29, 1.82) is 0 Å². The van der Waals surface area contributed by atoms with Gasteiger partial charge in [0.25, 0.3) is 0 Å². The second-order valence-corrected chi connectivity index (χ2v) is 5.15. The van der Waals surface area contributed by atoms with Crippen LogP contribution in [0.25, 0.3) is 0 Å². The molecule has 0 aromatic heterocycles. The largest absolute Gasteiger partial charge is 0.399 e. The van der Waals surface area contributed by atoms with Crippen LogP contribution in [0.2, 0.25) is 0 Å². The quantitative estimate of drug-likeness (QED) is 0.725. The summed E-state index contributed by atoms with van der Waals surface area (Å²) in [6, 6.07) is 9.59. The molecule has 0 amide bonds. The van der Waals surface area contributed by atoms with Crippen molar-refractivity contribution in [2.24, 2.45) is 0 Å². The van der Waals surface area contributed by atoms with Crippen molar-refractivity contribution in [2.45, 2.75) is 12.3 Å². The monoisotopic (exact) mass is 228 g/mol. The number of benzene rings is 1. The third-order valence-corrected chi connectivity index (χ3v) is 3.33. The molecule has 0 unspecified atom stereocenters. The lowest BCUT2D eigenvalue weighted by Crippen LogP contribution is -2.40. The van der Waals surface area contributed by atoms with Gasteiger partial charge in [-0.05, 0) is 5.56 Å². The number of hydrogen-bond acceptors (Lipinski definition) is 4. The smallest absolute Gasteiger partial charge is 0.247 e. The summed E-state index contributed by atoms with van der Waals surface area (Å²) in [6.07, 6.45) is 0. The zero-order valence-electron chi connectivity index (χ0n) is 8.34. The van der Waals surface area contributed by atoms with Gasteiger partial charge in [0.05, 0.1) is 13.2 Å². The Morgan fingerprint density at radius 2 is 1.67 bits per heavy atom. The SMILES string of the molecule is CC1(c2ccccc2)COS(=O)(=O)OC1. The highest BCUT2D eigenvalue weighted by molar-refractivity contribution is 7.81. The van der Waals surface area contributed by atoms with E-state index in [4.69, 9.17) is 0 Å². The van der Waals surface area contributed by atoms with E-state index in [0.29, 0.717) is 0 Å². The van der Waals surface area contributed by atoms with Crippen LogP contribution in [0.15, 0.2) is 30.3 Å². The third kappa shape index (κ3) is 2.19. The summed E-state index contributed by atoms with van der Waals surface area (Å²) in [7, 11) is -3.76. The van der Waals surface area contributed by atoms with E-state index in [0.717, 1.165) is 5.56 Å². The lowest BCUT2D eigenvalue weighted by atomic mass is 9.84. The van der Waals surface area contributed by atoms with E-state index in [1.165, 1.54) is 0 Å². The lowest BCUT2D eigenvalue weighted by Gasteiger charge is -2.32. The second kappa shape index (κ2) is 3.59. The zero-order valence-corrected chi connectivity index (χ0v) is 9.16. The van der Waals surface area contributed by atoms with Crippen LogP contribution in [0, 0.1) is 0 Å². The Hall–Kier alpha value is -0.910. The Balaban J connectivity index is 2.24. The molecule has 1 fully saturated rings. The fourth-order valence-electron chi connectivity index (χ4n) is 1.49. The van der Waals surface area contributed by atoms with Crippen LogP contribution in [0.5, 0.6) is 0 Å². The van der Waals surface area contributed by atoms with E-state index in [9.17, 15) is 8.42 Å². The second-order valence-electron chi connectivity index (χ2n) is 3.86. The zero-order chi connectivity index (χ0) is 10.9. The molecular weight excluding hydrogens is 216 g/mol. The molecule has 1 heterocycles. The van der Waals surface area contributed by atoms with Gasteiger partial charge in [-0.3, -0.25) is 0 Å². The summed E-state index contributed by atoms with van der Waals surface area (Å²) >= 11 is 0. The molecule has 0 saturated carbocycles. The summed E-state index contributed by atoms with van der Waals surface area (Å²) in [5, 5.41) is 0. The number of hydrogen-bond donors (Lipinski definition) is 0. The minimum atomic E-state index is -3.76. The highest BCUT2D eigenvalue weighted by Gasteiger charge is 2.36. The van der Waals surface area contributed by atoms with Gasteiger partial charge in [-0.25, -0.2) is 8.37 Å². The molecule has 1 aliphatic heterocycles. The normalized spacial score (nSPS) is 23.5. The maximum absolute atomic E-state index is 10.9. The fourth-order valence-corrected chi connectivity index (χ4v) is 2.36. The molecule has 1 saturated heterocycles. The molecule has 0 atom stereocenters. The first kappa shape index (κ1) is 10.6. The van der Waals surface area contributed by atoms with Crippen LogP contribution < -0.4 is 0 Å². The summed E-state index contributed by atoms with van der Waals surface area (Å²) in [4.78, 5) is 0. The standard InChI is InChI=1S/C10H12O4S/c1-10(9-5-3-2-4-6-9)7-13-15(11,12)14-8-10/h2-6H,7-8H2,1H3. The Morgan fingerprint density at radius 3 is 2.20 bits per heavy atom. The first-order valence-corrected chi connectivity index (χ1v) is 5.95. The van der Waals surface area contributed by atoms with Gasteiger partial charge in [-0.1, -0.05) is 37.3 Å². The van der Waals surface area contributed by atoms with Crippen LogP contribution in [-0.4, -0.2) is 21.6 Å². The van der Waals surface area contributed by atoms with Crippen LogP contribution in [-0.2, 0) is 24.2 Å². The van der Waals surface area contributed by atoms with E-state index in [-0.39, 0.29) is 13.2 Å². The van der Waals surface area contributed by atoms with Crippen LogP contribution >= 0.6 is 0 Å². The van der Waals surface area contributed by atoms with Gasteiger partial charge in [0.1, 0.15) is 0 Å². The van der Waals surface area contributed by atoms with E-state index in [1.807, 2.05) is 37.3 Å². The van der Waals surface area contributed by atoms with Gasteiger partial charge in [0, 0.05) is 5.41 Å². The molecule has 0 spiro atoms. The molecular formula is C10H12O4S. The maximum Gasteiger partial charge on any atom is 0.399 e. The first-order chi connectivity index (χ1) is 7.02. The Bertz CT molecular complexity index is 424. The van der Waals surface area contributed by atoms with Crippen molar-refractivity contribution in [3.05, 3.63) is 35.9 Å². The summed E-state index contributed by atoms with van der Waals surface area (Å²) in [5.74, 6) is 0. The molecule has 0 N–H and O–H groups in total. The molecule has 0 aliphatic carbocycles. The Morgan fingerprint density at radius 1 is 1.13 bits per heavy atom. The number of rotatable bonds is 1. The Kier molecular flexibility index (Phi) is 2.54. The molecule has 2 rings (SSSR count). The average Bonchev–Trinajstić information content (AvgIpc) is 2.24. The van der Waals surface area contributed by atoms with Gasteiger partial charge in [0.15, 0.2) is 0 Å². The third-order valence-electron chi connectivity index (χ3n) is 2.51. The van der Waals surface area contributed by atoms with E-state index < -0.39 is 15.8 Å². The van der Waals surface area contributed by atoms with Gasteiger partial charge >= 0.3 is 10.4 Å². The minimum Gasteiger partial charge on any atom is -0.247 e. The van der Waals surface area contributed by atoms with Crippen molar-refractivity contribution in [2.75, 3.05) is 13.2 Å². The molecule has 15 heavy (non-hydrogen) atoms. The average molecular weight is 228 g/mol. The molecule has 0 bridgehead atoms. The van der Waals surface area contributed by atoms with Crippen molar-refractivity contribution < 1.29 is 16.8 Å². The van der Waals surface area contributed by atoms with Gasteiger partial charge < -0.3 is 0 Å². The van der Waals surface area contributed by atoms with Gasteiger partial charge in [-0.15, -0.1) is 0 Å². The van der Waals surface area contributed by atoms with Gasteiger partial charge in [-0.2, -0.15) is 8.42 Å². The molecule has 0 radical (unpaired) electrons. The van der Waals surface area contributed by atoms with Crippen molar-refractivity contribution >= 4 is 10.4 Å². The molecule has 1 aliphatic rings.